The van der Waals surface area contributed by atoms with Gasteiger partial charge in [-0.05, 0) is 55.3 Å². The second-order valence-electron chi connectivity index (χ2n) is 8.03. The molecular weight excluding hydrogens is 412 g/mol. The number of imidazole rings is 4. The molecule has 0 fully saturated rings. The molecule has 4 aromatic heterocycles. The maximum absolute atomic E-state index is 4.74. The predicted octanol–water partition coefficient (Wildman–Crippen LogP) is 5.26. The Bertz CT molecular complexity index is 1570. The van der Waals surface area contributed by atoms with Crippen molar-refractivity contribution in [3.8, 4) is 22.8 Å². The van der Waals surface area contributed by atoms with Crippen LogP contribution in [0.4, 0.5) is 0 Å². The lowest BCUT2D eigenvalue weighted by molar-refractivity contribution is 0.916. The number of benzene rings is 2. The lowest BCUT2D eigenvalue weighted by Crippen LogP contribution is -1.88. The highest BCUT2D eigenvalue weighted by atomic mass is 14.9. The molecule has 8 heteroatoms. The summed E-state index contributed by atoms with van der Waals surface area (Å²) < 4.78 is 0. The van der Waals surface area contributed by atoms with Crippen molar-refractivity contribution in [3.63, 3.8) is 0 Å². The summed E-state index contributed by atoms with van der Waals surface area (Å²) in [6.07, 6.45) is 11.1. The van der Waals surface area contributed by atoms with Crippen LogP contribution >= 0.6 is 0 Å². The first-order valence-corrected chi connectivity index (χ1v) is 10.9. The van der Waals surface area contributed by atoms with Crippen LogP contribution in [0.3, 0.4) is 0 Å². The molecule has 0 bridgehead atoms. The maximum Gasteiger partial charge on any atom is 0.137 e. The first-order chi connectivity index (χ1) is 16.2. The molecule has 0 saturated carbocycles. The van der Waals surface area contributed by atoms with E-state index in [2.05, 4.69) is 55.0 Å². The van der Waals surface area contributed by atoms with Gasteiger partial charge in [0.25, 0.3) is 0 Å². The third-order valence-electron chi connectivity index (χ3n) is 5.76. The number of nitrogens with zero attached hydrogens (tertiary/aromatic N) is 4. The Hall–Kier alpha value is -4.46. The highest BCUT2D eigenvalue weighted by Gasteiger charge is 2.09. The van der Waals surface area contributed by atoms with Crippen molar-refractivity contribution < 1.29 is 0 Å². The standard InChI is InChI=1S/C25H22N8/c1-15(23-32-19-8-6-17(14-21(19)33-23)25-28-11-12-29-25)3-2-4-22-30-18-7-5-16(13-20(18)31-22)24-26-9-10-27-24/h3,5-14H,2,4H2,1H3,(H,26,27)(H,28,29)(H,30,31)(H,32,33)/b15-3+. The molecule has 0 saturated heterocycles. The van der Waals surface area contributed by atoms with Gasteiger partial charge in [-0.1, -0.05) is 6.08 Å². The lowest BCUT2D eigenvalue weighted by atomic mass is 10.2. The highest BCUT2D eigenvalue weighted by molar-refractivity contribution is 5.83. The van der Waals surface area contributed by atoms with Crippen LogP contribution in [0.1, 0.15) is 25.0 Å². The van der Waals surface area contributed by atoms with E-state index in [1.165, 1.54) is 0 Å². The molecule has 0 aliphatic heterocycles. The average Bonchev–Trinajstić information content (AvgIpc) is 3.63. The zero-order valence-corrected chi connectivity index (χ0v) is 18.1. The number of hydrogen-bond donors (Lipinski definition) is 4. The number of aromatic amines is 4. The summed E-state index contributed by atoms with van der Waals surface area (Å²) in [6, 6.07) is 12.3. The van der Waals surface area contributed by atoms with Crippen molar-refractivity contribution >= 4 is 27.6 Å². The number of nitrogens with one attached hydrogen (secondary N) is 4. The van der Waals surface area contributed by atoms with Gasteiger partial charge in [0.1, 0.15) is 23.3 Å². The van der Waals surface area contributed by atoms with Crippen molar-refractivity contribution in [1.82, 2.24) is 39.9 Å². The number of hydrogen-bond acceptors (Lipinski definition) is 4. The minimum absolute atomic E-state index is 0.824. The minimum Gasteiger partial charge on any atom is -0.345 e. The van der Waals surface area contributed by atoms with Crippen LogP contribution in [0.5, 0.6) is 0 Å². The SMILES string of the molecule is C/C(=C\CCc1nc2ccc(-c3ncc[nH]3)cc2[nH]1)c1nc2ccc(-c3ncc[nH]3)cc2[nH]1. The van der Waals surface area contributed by atoms with Crippen LogP contribution in [0.25, 0.3) is 50.4 Å². The van der Waals surface area contributed by atoms with Crippen LogP contribution < -0.4 is 0 Å². The normalized spacial score (nSPS) is 12.2. The molecule has 8 nitrogen and oxygen atoms in total. The zero-order valence-electron chi connectivity index (χ0n) is 18.1. The smallest absolute Gasteiger partial charge is 0.137 e. The van der Waals surface area contributed by atoms with Crippen LogP contribution in [0.2, 0.25) is 0 Å². The summed E-state index contributed by atoms with van der Waals surface area (Å²) in [5, 5.41) is 0. The minimum atomic E-state index is 0.824. The topological polar surface area (TPSA) is 115 Å². The second kappa shape index (κ2) is 7.90. The lowest BCUT2D eigenvalue weighted by Gasteiger charge is -1.97. The molecule has 0 radical (unpaired) electrons. The largest absolute Gasteiger partial charge is 0.345 e. The number of allylic oxidation sites excluding steroid dienone is 2. The zero-order chi connectivity index (χ0) is 22.2. The summed E-state index contributed by atoms with van der Waals surface area (Å²) in [5.41, 5.74) is 7.11. The van der Waals surface area contributed by atoms with Crippen LogP contribution in [0, 0.1) is 0 Å². The number of aryl methyl sites for hydroxylation is 1. The predicted molar refractivity (Wildman–Crippen MR) is 129 cm³/mol. The quantitative estimate of drug-likeness (QED) is 0.286. The fraction of sp³-hybridized carbons (Fsp3) is 0.120. The molecule has 6 aromatic rings. The molecule has 6 rings (SSSR count). The van der Waals surface area contributed by atoms with E-state index in [9.17, 15) is 0 Å². The third kappa shape index (κ3) is 3.71. The third-order valence-corrected chi connectivity index (χ3v) is 5.76. The van der Waals surface area contributed by atoms with Gasteiger partial charge in [0, 0.05) is 42.3 Å². The van der Waals surface area contributed by atoms with E-state index in [1.807, 2.05) is 36.7 Å². The number of rotatable bonds is 6. The molecule has 0 atom stereocenters. The Kier molecular flexibility index (Phi) is 4.61. The molecule has 0 aliphatic rings. The van der Waals surface area contributed by atoms with Crippen LogP contribution in [-0.2, 0) is 6.42 Å². The van der Waals surface area contributed by atoms with Gasteiger partial charge in [-0.15, -0.1) is 0 Å². The molecule has 33 heavy (non-hydrogen) atoms. The average molecular weight is 435 g/mol. The van der Waals surface area contributed by atoms with Crippen LogP contribution in [-0.4, -0.2) is 39.9 Å². The fourth-order valence-electron chi connectivity index (χ4n) is 4.04. The van der Waals surface area contributed by atoms with Gasteiger partial charge in [0.2, 0.25) is 0 Å². The molecule has 0 unspecified atom stereocenters. The van der Waals surface area contributed by atoms with Gasteiger partial charge in [-0.2, -0.15) is 0 Å². The van der Waals surface area contributed by atoms with Crippen molar-refractivity contribution in [2.45, 2.75) is 19.8 Å². The van der Waals surface area contributed by atoms with Gasteiger partial charge < -0.3 is 19.9 Å². The molecule has 2 aromatic carbocycles. The molecular formula is C25H22N8. The van der Waals surface area contributed by atoms with Crippen molar-refractivity contribution in [3.05, 3.63) is 78.9 Å². The van der Waals surface area contributed by atoms with E-state index in [4.69, 9.17) is 9.97 Å². The molecule has 162 valence electrons. The van der Waals surface area contributed by atoms with E-state index in [1.54, 1.807) is 12.4 Å². The second-order valence-corrected chi connectivity index (χ2v) is 8.03. The fourth-order valence-corrected chi connectivity index (χ4v) is 4.04. The summed E-state index contributed by atoms with van der Waals surface area (Å²) in [5.74, 6) is 3.56. The summed E-state index contributed by atoms with van der Waals surface area (Å²) in [7, 11) is 0. The van der Waals surface area contributed by atoms with Crippen molar-refractivity contribution in [1.29, 1.82) is 0 Å². The van der Waals surface area contributed by atoms with Crippen molar-refractivity contribution in [2.24, 2.45) is 0 Å². The van der Waals surface area contributed by atoms with Gasteiger partial charge in [0.05, 0.1) is 22.1 Å². The van der Waals surface area contributed by atoms with E-state index in [-0.39, 0.29) is 0 Å². The van der Waals surface area contributed by atoms with E-state index < -0.39 is 0 Å². The first-order valence-electron chi connectivity index (χ1n) is 10.9. The molecule has 4 N–H and O–H groups in total. The van der Waals surface area contributed by atoms with Crippen molar-refractivity contribution in [2.75, 3.05) is 0 Å². The summed E-state index contributed by atoms with van der Waals surface area (Å²) in [4.78, 5) is 31.3. The number of H-pyrrole nitrogens is 4. The summed E-state index contributed by atoms with van der Waals surface area (Å²) in [6.45, 7) is 2.08. The Morgan fingerprint density at radius 1 is 0.818 bits per heavy atom. The Morgan fingerprint density at radius 2 is 1.45 bits per heavy atom. The first kappa shape index (κ1) is 19.2. The number of fused-ring (bicyclic) bond motifs is 2. The Balaban J connectivity index is 1.17. The van der Waals surface area contributed by atoms with Gasteiger partial charge in [-0.3, -0.25) is 0 Å². The molecule has 0 amide bonds. The van der Waals surface area contributed by atoms with E-state index >= 15 is 0 Å². The monoisotopic (exact) mass is 434 g/mol. The summed E-state index contributed by atoms with van der Waals surface area (Å²) >= 11 is 0. The highest BCUT2D eigenvalue weighted by Crippen LogP contribution is 2.24. The van der Waals surface area contributed by atoms with E-state index in [0.29, 0.717) is 0 Å². The van der Waals surface area contributed by atoms with Gasteiger partial charge in [0.15, 0.2) is 0 Å². The number of aromatic nitrogens is 8. The van der Waals surface area contributed by atoms with Crippen LogP contribution in [0.15, 0.2) is 67.3 Å². The maximum atomic E-state index is 4.74. The van der Waals surface area contributed by atoms with E-state index in [0.717, 1.165) is 74.9 Å². The molecule has 4 heterocycles. The molecule has 0 spiro atoms. The van der Waals surface area contributed by atoms with Gasteiger partial charge >= 0.3 is 0 Å². The Morgan fingerprint density at radius 3 is 2.09 bits per heavy atom. The van der Waals surface area contributed by atoms with Gasteiger partial charge in [-0.25, -0.2) is 19.9 Å². The molecule has 0 aliphatic carbocycles. The Labute approximate surface area is 189 Å².